The Hall–Kier alpha value is -1.56. The maximum absolute atomic E-state index is 12.5. The molecule has 5 nitrogen and oxygen atoms in total. The van der Waals surface area contributed by atoms with Crippen molar-refractivity contribution in [1.82, 2.24) is 4.90 Å². The highest BCUT2D eigenvalue weighted by molar-refractivity contribution is 9.10. The lowest BCUT2D eigenvalue weighted by Crippen LogP contribution is -2.49. The van der Waals surface area contributed by atoms with Crippen LogP contribution in [0.3, 0.4) is 0 Å². The number of nitrogens with zero attached hydrogens (tertiary/aromatic N) is 1. The average Bonchev–Trinajstić information content (AvgIpc) is 2.40. The topological polar surface area (TPSA) is 69.6 Å². The van der Waals surface area contributed by atoms with Gasteiger partial charge in [-0.3, -0.25) is 0 Å². The Morgan fingerprint density at radius 3 is 2.48 bits per heavy atom. The van der Waals surface area contributed by atoms with Gasteiger partial charge in [-0.2, -0.15) is 0 Å². The van der Waals surface area contributed by atoms with E-state index in [-0.39, 0.29) is 23.7 Å². The minimum absolute atomic E-state index is 0.0787. The fourth-order valence-corrected chi connectivity index (χ4v) is 3.16. The Labute approximate surface area is 132 Å². The highest BCUT2D eigenvalue weighted by Gasteiger charge is 2.29. The molecular weight excluding hydrogens is 336 g/mol. The number of hydrogen-bond donors (Lipinski definition) is 2. The molecule has 1 aliphatic rings. The molecule has 2 N–H and O–H groups in total. The lowest BCUT2D eigenvalue weighted by atomic mass is 9.98. The second kappa shape index (κ2) is 6.47. The van der Waals surface area contributed by atoms with Gasteiger partial charge in [-0.1, -0.05) is 15.9 Å². The minimum Gasteiger partial charge on any atom is -0.478 e. The van der Waals surface area contributed by atoms with Gasteiger partial charge in [-0.05, 0) is 51.3 Å². The summed E-state index contributed by atoms with van der Waals surface area (Å²) in [7, 11) is 0. The van der Waals surface area contributed by atoms with Gasteiger partial charge < -0.3 is 15.3 Å². The van der Waals surface area contributed by atoms with Crippen LogP contribution in [-0.4, -0.2) is 34.1 Å². The SMILES string of the molecule is CC1CCCC(C)N1C(=O)Nc1ccc(Br)cc1C(=O)O. The van der Waals surface area contributed by atoms with Crippen molar-refractivity contribution in [3.05, 3.63) is 28.2 Å². The number of amides is 2. The molecule has 6 heteroatoms. The summed E-state index contributed by atoms with van der Waals surface area (Å²) in [6, 6.07) is 4.89. The first-order valence-corrected chi connectivity index (χ1v) is 7.81. The quantitative estimate of drug-likeness (QED) is 0.844. The fraction of sp³-hybridized carbons (Fsp3) is 0.467. The molecule has 114 valence electrons. The third kappa shape index (κ3) is 3.56. The van der Waals surface area contributed by atoms with Gasteiger partial charge in [0.15, 0.2) is 0 Å². The summed E-state index contributed by atoms with van der Waals surface area (Å²) in [6.07, 6.45) is 3.07. The summed E-state index contributed by atoms with van der Waals surface area (Å²) in [5.74, 6) is -1.06. The molecule has 0 aromatic heterocycles. The van der Waals surface area contributed by atoms with E-state index in [0.717, 1.165) is 19.3 Å². The van der Waals surface area contributed by atoms with Crippen LogP contribution in [0, 0.1) is 0 Å². The number of likely N-dealkylation sites (tertiary alicyclic amines) is 1. The first-order valence-electron chi connectivity index (χ1n) is 7.02. The lowest BCUT2D eigenvalue weighted by Gasteiger charge is -2.39. The van der Waals surface area contributed by atoms with Gasteiger partial charge in [0, 0.05) is 16.6 Å². The molecule has 0 radical (unpaired) electrons. The van der Waals surface area contributed by atoms with Gasteiger partial charge in [0.05, 0.1) is 11.3 Å². The zero-order valence-corrected chi connectivity index (χ0v) is 13.7. The molecule has 1 aromatic rings. The third-order valence-corrected chi connectivity index (χ3v) is 4.37. The van der Waals surface area contributed by atoms with E-state index in [1.165, 1.54) is 6.07 Å². The van der Waals surface area contributed by atoms with Crippen LogP contribution in [0.5, 0.6) is 0 Å². The van der Waals surface area contributed by atoms with Gasteiger partial charge in [-0.25, -0.2) is 9.59 Å². The number of rotatable bonds is 2. The van der Waals surface area contributed by atoms with Crippen LogP contribution in [0.25, 0.3) is 0 Å². The summed E-state index contributed by atoms with van der Waals surface area (Å²) < 4.78 is 0.664. The monoisotopic (exact) mass is 354 g/mol. The number of carbonyl (C=O) groups excluding carboxylic acids is 1. The third-order valence-electron chi connectivity index (χ3n) is 3.88. The van der Waals surface area contributed by atoms with E-state index in [9.17, 15) is 14.7 Å². The zero-order valence-electron chi connectivity index (χ0n) is 12.1. The molecule has 21 heavy (non-hydrogen) atoms. The number of carboxylic acids is 1. The predicted octanol–water partition coefficient (Wildman–Crippen LogP) is 3.94. The number of urea groups is 1. The maximum atomic E-state index is 12.5. The number of piperidine rings is 1. The Kier molecular flexibility index (Phi) is 4.88. The van der Waals surface area contributed by atoms with Crippen LogP contribution < -0.4 is 5.32 Å². The number of carboxylic acid groups (broad SMARTS) is 1. The molecule has 1 aliphatic heterocycles. The zero-order chi connectivity index (χ0) is 15.6. The molecule has 0 spiro atoms. The van der Waals surface area contributed by atoms with Gasteiger partial charge in [0.2, 0.25) is 0 Å². The fourth-order valence-electron chi connectivity index (χ4n) is 2.80. The number of halogens is 1. The van der Waals surface area contributed by atoms with Crippen LogP contribution in [0.4, 0.5) is 10.5 Å². The average molecular weight is 355 g/mol. The standard InChI is InChI=1S/C15H19BrN2O3/c1-9-4-3-5-10(2)18(9)15(21)17-13-7-6-11(16)8-12(13)14(19)20/h6-10H,3-5H2,1-2H3,(H,17,21)(H,19,20). The number of benzene rings is 1. The number of aromatic carboxylic acids is 1. The smallest absolute Gasteiger partial charge is 0.337 e. The largest absolute Gasteiger partial charge is 0.478 e. The summed E-state index contributed by atoms with van der Waals surface area (Å²) in [5.41, 5.74) is 0.399. The summed E-state index contributed by atoms with van der Waals surface area (Å²) in [5, 5.41) is 12.0. The van der Waals surface area contributed by atoms with Crippen molar-refractivity contribution in [2.45, 2.75) is 45.2 Å². The normalized spacial score (nSPS) is 22.0. The first-order chi connectivity index (χ1) is 9.90. The van der Waals surface area contributed by atoms with Crippen molar-refractivity contribution in [3.8, 4) is 0 Å². The number of anilines is 1. The van der Waals surface area contributed by atoms with Crippen molar-refractivity contribution in [3.63, 3.8) is 0 Å². The number of hydrogen-bond acceptors (Lipinski definition) is 2. The first kappa shape index (κ1) is 15.8. The summed E-state index contributed by atoms with van der Waals surface area (Å²) in [6.45, 7) is 4.05. The minimum atomic E-state index is -1.06. The van der Waals surface area contributed by atoms with E-state index in [2.05, 4.69) is 21.2 Å². The molecule has 1 fully saturated rings. The molecule has 2 unspecified atom stereocenters. The molecule has 1 saturated heterocycles. The van der Waals surface area contributed by atoms with Crippen molar-refractivity contribution < 1.29 is 14.7 Å². The van der Waals surface area contributed by atoms with E-state index in [1.807, 2.05) is 13.8 Å². The van der Waals surface area contributed by atoms with Crippen molar-refractivity contribution in [2.24, 2.45) is 0 Å². The Balaban J connectivity index is 2.21. The summed E-state index contributed by atoms with van der Waals surface area (Å²) in [4.78, 5) is 25.5. The van der Waals surface area contributed by atoms with E-state index in [4.69, 9.17) is 0 Å². The molecule has 1 heterocycles. The molecular formula is C15H19BrN2O3. The number of carbonyl (C=O) groups is 2. The van der Waals surface area contributed by atoms with E-state index < -0.39 is 5.97 Å². The summed E-state index contributed by atoms with van der Waals surface area (Å²) >= 11 is 3.24. The molecule has 0 aliphatic carbocycles. The van der Waals surface area contributed by atoms with Crippen molar-refractivity contribution in [2.75, 3.05) is 5.32 Å². The maximum Gasteiger partial charge on any atom is 0.337 e. The predicted molar refractivity (Wildman–Crippen MR) is 84.7 cm³/mol. The lowest BCUT2D eigenvalue weighted by molar-refractivity contribution is 0.0698. The highest BCUT2D eigenvalue weighted by atomic mass is 79.9. The van der Waals surface area contributed by atoms with E-state index in [1.54, 1.807) is 17.0 Å². The van der Waals surface area contributed by atoms with Crippen molar-refractivity contribution >= 4 is 33.6 Å². The van der Waals surface area contributed by atoms with Gasteiger partial charge >= 0.3 is 12.0 Å². The van der Waals surface area contributed by atoms with Crippen molar-refractivity contribution in [1.29, 1.82) is 0 Å². The van der Waals surface area contributed by atoms with Crippen LogP contribution in [0.1, 0.15) is 43.5 Å². The van der Waals surface area contributed by atoms with E-state index >= 15 is 0 Å². The Morgan fingerprint density at radius 2 is 1.90 bits per heavy atom. The van der Waals surface area contributed by atoms with E-state index in [0.29, 0.717) is 10.2 Å². The molecule has 0 bridgehead atoms. The van der Waals surface area contributed by atoms with Crippen LogP contribution >= 0.6 is 15.9 Å². The van der Waals surface area contributed by atoms with Crippen LogP contribution in [0.2, 0.25) is 0 Å². The Morgan fingerprint density at radius 1 is 1.29 bits per heavy atom. The van der Waals surface area contributed by atoms with Gasteiger partial charge in [0.25, 0.3) is 0 Å². The molecule has 2 atom stereocenters. The molecule has 1 aromatic carbocycles. The number of nitrogens with one attached hydrogen (secondary N) is 1. The second-order valence-corrected chi connectivity index (χ2v) is 6.38. The van der Waals surface area contributed by atoms with Gasteiger partial charge in [0.1, 0.15) is 0 Å². The molecule has 0 saturated carbocycles. The highest BCUT2D eigenvalue weighted by Crippen LogP contribution is 2.25. The molecule has 2 amide bonds. The second-order valence-electron chi connectivity index (χ2n) is 5.46. The van der Waals surface area contributed by atoms with Gasteiger partial charge in [-0.15, -0.1) is 0 Å². The molecule has 2 rings (SSSR count). The van der Waals surface area contributed by atoms with Crippen LogP contribution in [0.15, 0.2) is 22.7 Å². The van der Waals surface area contributed by atoms with Crippen LogP contribution in [-0.2, 0) is 0 Å². The Bertz CT molecular complexity index is 552.